The molecule has 0 aliphatic carbocycles. The maximum absolute atomic E-state index is 6.22. The summed E-state index contributed by atoms with van der Waals surface area (Å²) in [4.78, 5) is 8.91. The van der Waals surface area contributed by atoms with Gasteiger partial charge in [-0.1, -0.05) is 12.1 Å². The summed E-state index contributed by atoms with van der Waals surface area (Å²) in [6.07, 6.45) is 0.701. The average Bonchev–Trinajstić information content (AvgIpc) is 3.16. The molecule has 2 aliphatic heterocycles. The summed E-state index contributed by atoms with van der Waals surface area (Å²) in [5.41, 5.74) is 10.9. The number of aromatic nitrogens is 5. The molecule has 3 N–H and O–H groups in total. The van der Waals surface area contributed by atoms with E-state index in [-0.39, 0.29) is 5.95 Å². The van der Waals surface area contributed by atoms with Gasteiger partial charge in [0.15, 0.2) is 5.82 Å². The Labute approximate surface area is 214 Å². The fraction of sp³-hybridized carbons (Fsp3) is 0.308. The maximum Gasteiger partial charge on any atom is 0.248 e. The molecule has 0 fully saturated rings. The van der Waals surface area contributed by atoms with Crippen LogP contribution in [-0.4, -0.2) is 76.8 Å². The number of para-hydroxylation sites is 1. The smallest absolute Gasteiger partial charge is 0.248 e. The van der Waals surface area contributed by atoms with Gasteiger partial charge in [-0.15, -0.1) is 15.3 Å². The second kappa shape index (κ2) is 9.58. The Hall–Kier alpha value is -4.38. The molecule has 0 saturated heterocycles. The van der Waals surface area contributed by atoms with Crippen molar-refractivity contribution in [3.05, 3.63) is 54.1 Å². The van der Waals surface area contributed by atoms with Gasteiger partial charge in [0.2, 0.25) is 11.9 Å². The molecule has 0 spiro atoms. The van der Waals surface area contributed by atoms with Gasteiger partial charge in [-0.05, 0) is 50.0 Å². The van der Waals surface area contributed by atoms with Crippen LogP contribution in [0.15, 0.2) is 48.5 Å². The van der Waals surface area contributed by atoms with Gasteiger partial charge < -0.3 is 30.3 Å². The van der Waals surface area contributed by atoms with Crippen LogP contribution in [0.3, 0.4) is 0 Å². The second-order valence-electron chi connectivity index (χ2n) is 9.32. The highest BCUT2D eigenvalue weighted by atomic mass is 16.5. The van der Waals surface area contributed by atoms with E-state index in [2.05, 4.69) is 55.6 Å². The van der Waals surface area contributed by atoms with Crippen molar-refractivity contribution in [1.82, 2.24) is 29.9 Å². The van der Waals surface area contributed by atoms with Crippen LogP contribution in [0.5, 0.6) is 11.5 Å². The Morgan fingerprint density at radius 1 is 1.03 bits per heavy atom. The van der Waals surface area contributed by atoms with Crippen molar-refractivity contribution in [3.63, 3.8) is 0 Å². The molecule has 2 aromatic carbocycles. The van der Waals surface area contributed by atoms with Crippen molar-refractivity contribution in [2.75, 3.05) is 62.9 Å². The van der Waals surface area contributed by atoms with Gasteiger partial charge in [-0.25, -0.2) is 0 Å². The van der Waals surface area contributed by atoms with E-state index in [0.717, 1.165) is 59.3 Å². The first-order chi connectivity index (χ1) is 18.0. The lowest BCUT2D eigenvalue weighted by molar-refractivity contribution is 0.303. The van der Waals surface area contributed by atoms with Gasteiger partial charge in [-0.2, -0.15) is 9.67 Å². The van der Waals surface area contributed by atoms with Gasteiger partial charge in [0, 0.05) is 36.8 Å². The number of fused-ring (bicyclic) bond motifs is 4. The third-order valence-corrected chi connectivity index (χ3v) is 6.47. The maximum atomic E-state index is 6.22. The van der Waals surface area contributed by atoms with E-state index in [9.17, 15) is 0 Å². The molecule has 4 heterocycles. The zero-order valence-corrected chi connectivity index (χ0v) is 20.9. The van der Waals surface area contributed by atoms with Gasteiger partial charge >= 0.3 is 0 Å². The van der Waals surface area contributed by atoms with Crippen LogP contribution in [0.25, 0.3) is 17.1 Å². The summed E-state index contributed by atoms with van der Waals surface area (Å²) < 4.78 is 13.3. The summed E-state index contributed by atoms with van der Waals surface area (Å²) >= 11 is 0. The molecule has 0 bridgehead atoms. The summed E-state index contributed by atoms with van der Waals surface area (Å²) in [5, 5.41) is 16.7. The van der Waals surface area contributed by atoms with Crippen LogP contribution >= 0.6 is 0 Å². The van der Waals surface area contributed by atoms with Gasteiger partial charge in [-0.3, -0.25) is 0 Å². The SMILES string of the molecule is CN(C)CCN1CCOc2cc(Nc3nc(N)n(-c4cc5c(nn4)-c4ccccc4OCC5)n3)ccc21. The molecule has 4 aromatic rings. The van der Waals surface area contributed by atoms with Crippen LogP contribution in [0.4, 0.5) is 23.3 Å². The summed E-state index contributed by atoms with van der Waals surface area (Å²) in [6, 6.07) is 15.8. The molecule has 2 aromatic heterocycles. The van der Waals surface area contributed by atoms with Crippen LogP contribution in [0, 0.1) is 0 Å². The molecule has 0 atom stereocenters. The number of likely N-dealkylation sites (N-methyl/N-ethyl adjacent to an activating group) is 1. The molecule has 0 saturated carbocycles. The minimum absolute atomic E-state index is 0.214. The van der Waals surface area contributed by atoms with Crippen LogP contribution in [0.2, 0.25) is 0 Å². The van der Waals surface area contributed by atoms with Crippen LogP contribution in [0.1, 0.15) is 5.56 Å². The fourth-order valence-electron chi connectivity index (χ4n) is 4.58. The standard InChI is InChI=1S/C26H29N9O2/c1-33(2)10-11-34-12-14-37-22-16-18(7-8-20(22)34)28-26-29-25(27)35(32-26)23-15-17-9-13-36-21-6-4-3-5-19(21)24(17)31-30-23/h3-8,15-16H,9-14H2,1-2H3,(H3,27,28,29,32). The Morgan fingerprint density at radius 3 is 2.78 bits per heavy atom. The summed E-state index contributed by atoms with van der Waals surface area (Å²) in [6.45, 7) is 4.00. The predicted octanol–water partition coefficient (Wildman–Crippen LogP) is 2.75. The van der Waals surface area contributed by atoms with Crippen molar-refractivity contribution < 1.29 is 9.47 Å². The van der Waals surface area contributed by atoms with Crippen molar-refractivity contribution in [3.8, 4) is 28.6 Å². The lowest BCUT2D eigenvalue weighted by Crippen LogP contribution is -2.37. The molecule has 37 heavy (non-hydrogen) atoms. The lowest BCUT2D eigenvalue weighted by Gasteiger charge is -2.32. The number of nitrogens with zero attached hydrogens (tertiary/aromatic N) is 7. The summed E-state index contributed by atoms with van der Waals surface area (Å²) in [5.74, 6) is 2.72. The Bertz CT molecular complexity index is 1440. The molecule has 190 valence electrons. The molecule has 11 nitrogen and oxygen atoms in total. The normalized spacial score (nSPS) is 14.2. The number of nitrogen functional groups attached to an aromatic ring is 1. The van der Waals surface area contributed by atoms with Gasteiger partial charge in [0.25, 0.3) is 0 Å². The molecular weight excluding hydrogens is 470 g/mol. The predicted molar refractivity (Wildman–Crippen MR) is 142 cm³/mol. The first-order valence-corrected chi connectivity index (χ1v) is 12.3. The first-order valence-electron chi connectivity index (χ1n) is 12.3. The lowest BCUT2D eigenvalue weighted by atomic mass is 10.0. The highest BCUT2D eigenvalue weighted by Gasteiger charge is 2.21. The molecular formula is C26H29N9O2. The quantitative estimate of drug-likeness (QED) is 0.410. The van der Waals surface area contributed by atoms with E-state index < -0.39 is 0 Å². The molecule has 11 heteroatoms. The number of benzene rings is 2. The van der Waals surface area contributed by atoms with Crippen LogP contribution in [-0.2, 0) is 6.42 Å². The second-order valence-corrected chi connectivity index (χ2v) is 9.32. The third-order valence-electron chi connectivity index (χ3n) is 6.47. The van der Waals surface area contributed by atoms with E-state index in [1.54, 1.807) is 0 Å². The zero-order chi connectivity index (χ0) is 25.4. The minimum Gasteiger partial charge on any atom is -0.493 e. The van der Waals surface area contributed by atoms with Gasteiger partial charge in [0.1, 0.15) is 23.8 Å². The van der Waals surface area contributed by atoms with Crippen LogP contribution < -0.4 is 25.4 Å². The molecule has 2 aliphatic rings. The molecule has 0 amide bonds. The number of nitrogens with one attached hydrogen (secondary N) is 1. The Kier molecular flexibility index (Phi) is 5.97. The van der Waals surface area contributed by atoms with Crippen molar-refractivity contribution >= 4 is 23.3 Å². The summed E-state index contributed by atoms with van der Waals surface area (Å²) in [7, 11) is 4.16. The largest absolute Gasteiger partial charge is 0.493 e. The zero-order valence-electron chi connectivity index (χ0n) is 20.9. The van der Waals surface area contributed by atoms with E-state index in [1.165, 1.54) is 4.68 Å². The van der Waals surface area contributed by atoms with E-state index in [0.29, 0.717) is 31.4 Å². The van der Waals surface area contributed by atoms with Gasteiger partial charge in [0.05, 0.1) is 18.8 Å². The monoisotopic (exact) mass is 499 g/mol. The molecule has 0 unspecified atom stereocenters. The third kappa shape index (κ3) is 4.60. The van der Waals surface area contributed by atoms with E-state index in [4.69, 9.17) is 15.2 Å². The minimum atomic E-state index is 0.214. The first kappa shape index (κ1) is 23.0. The number of ether oxygens (including phenoxy) is 2. The topological polar surface area (TPSA) is 119 Å². The van der Waals surface area contributed by atoms with Crippen molar-refractivity contribution in [2.24, 2.45) is 0 Å². The molecule has 6 rings (SSSR count). The number of hydrogen-bond acceptors (Lipinski definition) is 10. The average molecular weight is 500 g/mol. The fourth-order valence-corrected chi connectivity index (χ4v) is 4.58. The Morgan fingerprint density at radius 2 is 1.89 bits per heavy atom. The highest BCUT2D eigenvalue weighted by Crippen LogP contribution is 2.35. The van der Waals surface area contributed by atoms with Crippen molar-refractivity contribution in [1.29, 1.82) is 0 Å². The Balaban J connectivity index is 1.23. The van der Waals surface area contributed by atoms with Crippen molar-refractivity contribution in [2.45, 2.75) is 6.42 Å². The van der Waals surface area contributed by atoms with E-state index >= 15 is 0 Å². The highest BCUT2D eigenvalue weighted by molar-refractivity contribution is 5.71. The van der Waals surface area contributed by atoms with E-state index in [1.807, 2.05) is 42.5 Å². The number of anilines is 4. The number of nitrogens with two attached hydrogens (primary N) is 1. The molecule has 0 radical (unpaired) electrons. The number of rotatable bonds is 6. The number of hydrogen-bond donors (Lipinski definition) is 2.